The zero-order chi connectivity index (χ0) is 23.9. The molecule has 32 heavy (non-hydrogen) atoms. The van der Waals surface area contributed by atoms with Crippen molar-refractivity contribution in [1.82, 2.24) is 4.90 Å². The van der Waals surface area contributed by atoms with Crippen LogP contribution in [0.4, 0.5) is 10.5 Å². The van der Waals surface area contributed by atoms with Gasteiger partial charge >= 0.3 is 6.09 Å². The highest BCUT2D eigenvalue weighted by Crippen LogP contribution is 2.29. The standard InChI is InChI=1S/C24H29Cl3N2O3/c1-17(29(22(30)15-25)19-10-11-20(26)21(27)14-19)12-13-28(23(31)32-24(2,3)4)16-18-8-6-5-7-9-18/h5-11,14,17H,12-13,15-16H2,1-4H3. The zero-order valence-corrected chi connectivity index (χ0v) is 21.0. The van der Waals surface area contributed by atoms with Gasteiger partial charge in [0.1, 0.15) is 11.5 Å². The summed E-state index contributed by atoms with van der Waals surface area (Å²) in [7, 11) is 0. The minimum Gasteiger partial charge on any atom is -0.444 e. The SMILES string of the molecule is CC(CCN(Cc1ccccc1)C(=O)OC(C)(C)C)N(C(=O)CCl)c1ccc(Cl)c(Cl)c1. The number of alkyl halides is 1. The molecule has 2 aromatic carbocycles. The van der Waals surface area contributed by atoms with Crippen LogP contribution in [0.15, 0.2) is 48.5 Å². The molecule has 0 fully saturated rings. The van der Waals surface area contributed by atoms with Gasteiger partial charge in [0, 0.05) is 24.8 Å². The quantitative estimate of drug-likeness (QED) is 0.376. The molecule has 0 spiro atoms. The van der Waals surface area contributed by atoms with Crippen LogP contribution < -0.4 is 4.90 Å². The van der Waals surface area contributed by atoms with Crippen LogP contribution >= 0.6 is 34.8 Å². The summed E-state index contributed by atoms with van der Waals surface area (Å²) in [6.45, 7) is 8.19. The Morgan fingerprint density at radius 2 is 1.69 bits per heavy atom. The number of carbonyl (C=O) groups is 2. The minimum atomic E-state index is -0.613. The van der Waals surface area contributed by atoms with Crippen molar-refractivity contribution in [3.8, 4) is 0 Å². The monoisotopic (exact) mass is 498 g/mol. The highest BCUT2D eigenvalue weighted by atomic mass is 35.5. The smallest absolute Gasteiger partial charge is 0.410 e. The Bertz CT molecular complexity index is 916. The van der Waals surface area contributed by atoms with Crippen molar-refractivity contribution in [2.24, 2.45) is 0 Å². The third kappa shape index (κ3) is 7.88. The fourth-order valence-electron chi connectivity index (χ4n) is 3.18. The van der Waals surface area contributed by atoms with Crippen LogP contribution in [-0.2, 0) is 16.1 Å². The Morgan fingerprint density at radius 3 is 2.25 bits per heavy atom. The third-order valence-electron chi connectivity index (χ3n) is 4.69. The van der Waals surface area contributed by atoms with Gasteiger partial charge in [0.15, 0.2) is 0 Å². The van der Waals surface area contributed by atoms with Crippen molar-refractivity contribution in [3.63, 3.8) is 0 Å². The first-order valence-electron chi connectivity index (χ1n) is 10.4. The number of rotatable bonds is 8. The van der Waals surface area contributed by atoms with Crippen LogP contribution in [0.25, 0.3) is 0 Å². The Morgan fingerprint density at radius 1 is 1.03 bits per heavy atom. The topological polar surface area (TPSA) is 49.9 Å². The summed E-state index contributed by atoms with van der Waals surface area (Å²) in [5.41, 5.74) is 0.979. The summed E-state index contributed by atoms with van der Waals surface area (Å²) in [5.74, 6) is -0.436. The fraction of sp³-hybridized carbons (Fsp3) is 0.417. The van der Waals surface area contributed by atoms with E-state index < -0.39 is 11.7 Å². The maximum atomic E-state index is 12.9. The molecule has 0 radical (unpaired) electrons. The summed E-state index contributed by atoms with van der Waals surface area (Å²) >= 11 is 18.1. The molecule has 0 aliphatic rings. The van der Waals surface area contributed by atoms with Crippen LogP contribution in [0.1, 0.15) is 39.7 Å². The molecule has 2 aromatic rings. The van der Waals surface area contributed by atoms with Gasteiger partial charge in [-0.3, -0.25) is 4.79 Å². The number of hydrogen-bond acceptors (Lipinski definition) is 3. The van der Waals surface area contributed by atoms with Gasteiger partial charge in [-0.25, -0.2) is 4.79 Å². The maximum absolute atomic E-state index is 12.9. The van der Waals surface area contributed by atoms with E-state index in [0.29, 0.717) is 35.2 Å². The Labute approximate surface area is 205 Å². The summed E-state index contributed by atoms with van der Waals surface area (Å²) in [6, 6.07) is 14.5. The minimum absolute atomic E-state index is 0.176. The molecule has 2 amide bonds. The van der Waals surface area contributed by atoms with Gasteiger partial charge in [0.25, 0.3) is 0 Å². The second-order valence-electron chi connectivity index (χ2n) is 8.52. The van der Waals surface area contributed by atoms with Crippen molar-refractivity contribution >= 4 is 52.5 Å². The highest BCUT2D eigenvalue weighted by molar-refractivity contribution is 6.42. The van der Waals surface area contributed by atoms with Crippen molar-refractivity contribution in [2.45, 2.75) is 52.3 Å². The Hall–Kier alpha value is -1.95. The van der Waals surface area contributed by atoms with Crippen molar-refractivity contribution < 1.29 is 14.3 Å². The molecule has 0 saturated carbocycles. The van der Waals surface area contributed by atoms with Gasteiger partial charge in [-0.05, 0) is 57.9 Å². The van der Waals surface area contributed by atoms with E-state index in [1.165, 1.54) is 0 Å². The van der Waals surface area contributed by atoms with Crippen LogP contribution in [0.5, 0.6) is 0 Å². The largest absolute Gasteiger partial charge is 0.444 e. The molecule has 5 nitrogen and oxygen atoms in total. The third-order valence-corrected chi connectivity index (χ3v) is 5.66. The molecule has 174 valence electrons. The number of carbonyl (C=O) groups excluding carboxylic acids is 2. The first kappa shape index (κ1) is 26.3. The molecule has 0 saturated heterocycles. The van der Waals surface area contributed by atoms with Crippen molar-refractivity contribution in [1.29, 1.82) is 0 Å². The number of hydrogen-bond donors (Lipinski definition) is 0. The molecule has 0 aliphatic carbocycles. The van der Waals surface area contributed by atoms with Gasteiger partial charge in [-0.1, -0.05) is 53.5 Å². The summed E-state index contributed by atoms with van der Waals surface area (Å²) in [4.78, 5) is 28.7. The lowest BCUT2D eigenvalue weighted by Gasteiger charge is -2.32. The average molecular weight is 500 g/mol. The predicted octanol–water partition coefficient (Wildman–Crippen LogP) is 6.78. The van der Waals surface area contributed by atoms with E-state index >= 15 is 0 Å². The fourth-order valence-corrected chi connectivity index (χ4v) is 3.60. The molecule has 8 heteroatoms. The first-order chi connectivity index (χ1) is 15.0. The maximum Gasteiger partial charge on any atom is 0.410 e. The normalized spacial score (nSPS) is 12.2. The van der Waals surface area contributed by atoms with Gasteiger partial charge in [-0.2, -0.15) is 0 Å². The van der Waals surface area contributed by atoms with Crippen molar-refractivity contribution in [3.05, 3.63) is 64.1 Å². The van der Waals surface area contributed by atoms with E-state index in [2.05, 4.69) is 0 Å². The van der Waals surface area contributed by atoms with E-state index in [4.69, 9.17) is 39.5 Å². The van der Waals surface area contributed by atoms with Crippen LogP contribution in [0.2, 0.25) is 10.0 Å². The summed E-state index contributed by atoms with van der Waals surface area (Å²) in [6.07, 6.45) is 0.105. The molecule has 0 aromatic heterocycles. The van der Waals surface area contributed by atoms with E-state index in [1.807, 2.05) is 58.0 Å². The molecule has 1 unspecified atom stereocenters. The number of nitrogens with zero attached hydrogens (tertiary/aromatic N) is 2. The number of anilines is 1. The average Bonchev–Trinajstić information content (AvgIpc) is 2.73. The molecular weight excluding hydrogens is 471 g/mol. The van der Waals surface area contributed by atoms with E-state index in [0.717, 1.165) is 5.56 Å². The van der Waals surface area contributed by atoms with E-state index in [9.17, 15) is 9.59 Å². The van der Waals surface area contributed by atoms with Crippen LogP contribution in [-0.4, -0.2) is 41.0 Å². The predicted molar refractivity (Wildman–Crippen MR) is 132 cm³/mol. The highest BCUT2D eigenvalue weighted by Gasteiger charge is 2.26. The molecule has 0 bridgehead atoms. The van der Waals surface area contributed by atoms with Gasteiger partial charge in [-0.15, -0.1) is 11.6 Å². The summed E-state index contributed by atoms with van der Waals surface area (Å²) < 4.78 is 5.60. The van der Waals surface area contributed by atoms with Gasteiger partial charge in [0.2, 0.25) is 5.91 Å². The molecule has 2 rings (SSSR count). The molecular formula is C24H29Cl3N2O3. The lowest BCUT2D eigenvalue weighted by atomic mass is 10.1. The molecule has 0 aliphatic heterocycles. The zero-order valence-electron chi connectivity index (χ0n) is 18.8. The number of ether oxygens (including phenoxy) is 1. The Kier molecular flexibility index (Phi) is 9.68. The molecule has 1 atom stereocenters. The number of halogens is 3. The van der Waals surface area contributed by atoms with E-state index in [1.54, 1.807) is 28.0 Å². The second-order valence-corrected chi connectivity index (χ2v) is 9.60. The van der Waals surface area contributed by atoms with E-state index in [-0.39, 0.29) is 17.8 Å². The summed E-state index contributed by atoms with van der Waals surface area (Å²) in [5, 5.41) is 0.753. The molecule has 0 N–H and O–H groups in total. The molecule has 0 heterocycles. The second kappa shape index (κ2) is 11.8. The van der Waals surface area contributed by atoms with Gasteiger partial charge in [0.05, 0.1) is 10.0 Å². The van der Waals surface area contributed by atoms with Crippen molar-refractivity contribution in [2.75, 3.05) is 17.3 Å². The van der Waals surface area contributed by atoms with Crippen LogP contribution in [0.3, 0.4) is 0 Å². The lowest BCUT2D eigenvalue weighted by Crippen LogP contribution is -2.43. The number of amides is 2. The lowest BCUT2D eigenvalue weighted by molar-refractivity contribution is -0.116. The van der Waals surface area contributed by atoms with Crippen LogP contribution in [0, 0.1) is 0 Å². The number of benzene rings is 2. The Balaban J connectivity index is 2.20. The van der Waals surface area contributed by atoms with Gasteiger partial charge < -0.3 is 14.5 Å². The first-order valence-corrected chi connectivity index (χ1v) is 11.7.